The first-order chi connectivity index (χ1) is 9.49. The van der Waals surface area contributed by atoms with E-state index in [2.05, 4.69) is 24.1 Å². The van der Waals surface area contributed by atoms with E-state index in [1.807, 2.05) is 24.3 Å². The van der Waals surface area contributed by atoms with E-state index in [1.54, 1.807) is 6.92 Å². The van der Waals surface area contributed by atoms with Crippen LogP contribution in [0.5, 0.6) is 0 Å². The monoisotopic (exact) mass is 270 g/mol. The van der Waals surface area contributed by atoms with Crippen molar-refractivity contribution >= 4 is 11.6 Å². The molecule has 104 valence electrons. The number of anilines is 1. The number of nitrogens with one attached hydrogen (secondary N) is 2. The highest BCUT2D eigenvalue weighted by atomic mass is 16.2. The maximum Gasteiger partial charge on any atom is 0.261 e. The lowest BCUT2D eigenvalue weighted by Gasteiger charge is -2.13. The van der Waals surface area contributed by atoms with Gasteiger partial charge in [-0.05, 0) is 24.5 Å². The number of carbonyl (C=O) groups excluding carboxylic acids is 1. The maximum absolute atomic E-state index is 12.2. The van der Waals surface area contributed by atoms with E-state index >= 15 is 0 Å². The highest BCUT2D eigenvalue weighted by Crippen LogP contribution is 2.23. The minimum Gasteiger partial charge on any atom is -0.364 e. The molecule has 0 saturated heterocycles. The molecule has 1 aromatic heterocycles. The summed E-state index contributed by atoms with van der Waals surface area (Å²) in [5, 5.41) is 2.81. The van der Waals surface area contributed by atoms with Gasteiger partial charge in [0, 0.05) is 23.6 Å². The summed E-state index contributed by atoms with van der Waals surface area (Å²) in [5.41, 5.74) is 2.36. The van der Waals surface area contributed by atoms with Gasteiger partial charge in [-0.3, -0.25) is 9.59 Å². The Labute approximate surface area is 117 Å². The van der Waals surface area contributed by atoms with Gasteiger partial charge in [-0.1, -0.05) is 32.0 Å². The van der Waals surface area contributed by atoms with Crippen LogP contribution in [0, 0.1) is 6.92 Å². The Morgan fingerprint density at radius 1 is 1.25 bits per heavy atom. The lowest BCUT2D eigenvalue weighted by molar-refractivity contribution is 0.102. The second-order valence-corrected chi connectivity index (χ2v) is 5.09. The Morgan fingerprint density at radius 2 is 1.95 bits per heavy atom. The molecule has 2 aromatic rings. The molecule has 0 fully saturated rings. The molecule has 2 N–H and O–H groups in total. The summed E-state index contributed by atoms with van der Waals surface area (Å²) in [6.45, 7) is 5.89. The number of amides is 1. The van der Waals surface area contributed by atoms with E-state index in [0.29, 0.717) is 5.92 Å². The molecule has 2 rings (SSSR count). The summed E-state index contributed by atoms with van der Waals surface area (Å²) in [5.74, 6) is -0.0952. The average Bonchev–Trinajstić information content (AvgIpc) is 2.38. The average molecular weight is 270 g/mol. The fourth-order valence-corrected chi connectivity index (χ4v) is 2.05. The maximum atomic E-state index is 12.2. The highest BCUT2D eigenvalue weighted by Gasteiger charge is 2.13. The second-order valence-electron chi connectivity index (χ2n) is 5.09. The number of hydrogen-bond donors (Lipinski definition) is 2. The Balaban J connectivity index is 2.31. The van der Waals surface area contributed by atoms with Crippen LogP contribution in [0.1, 0.15) is 41.4 Å². The van der Waals surface area contributed by atoms with Crippen LogP contribution in [-0.2, 0) is 0 Å². The number of rotatable bonds is 3. The Hall–Kier alpha value is -2.36. The first-order valence-corrected chi connectivity index (χ1v) is 6.58. The van der Waals surface area contributed by atoms with Crippen molar-refractivity contribution in [2.24, 2.45) is 0 Å². The number of aromatic nitrogens is 1. The fourth-order valence-electron chi connectivity index (χ4n) is 2.05. The molecule has 4 heteroatoms. The van der Waals surface area contributed by atoms with Crippen molar-refractivity contribution in [1.82, 2.24) is 4.98 Å². The molecule has 1 aromatic carbocycles. The normalized spacial score (nSPS) is 10.6. The summed E-state index contributed by atoms with van der Waals surface area (Å²) in [6, 6.07) is 9.03. The molecule has 4 nitrogen and oxygen atoms in total. The minimum atomic E-state index is -0.389. The molecule has 0 aliphatic carbocycles. The number of para-hydroxylation sites is 1. The molecule has 0 saturated carbocycles. The zero-order valence-electron chi connectivity index (χ0n) is 11.9. The van der Waals surface area contributed by atoms with Gasteiger partial charge in [-0.25, -0.2) is 0 Å². The van der Waals surface area contributed by atoms with E-state index < -0.39 is 0 Å². The molecule has 0 radical (unpaired) electrons. The third kappa shape index (κ3) is 2.96. The second kappa shape index (κ2) is 5.74. The van der Waals surface area contributed by atoms with E-state index in [-0.39, 0.29) is 16.9 Å². The van der Waals surface area contributed by atoms with E-state index in [0.717, 1.165) is 16.9 Å². The first-order valence-electron chi connectivity index (χ1n) is 6.58. The molecule has 20 heavy (non-hydrogen) atoms. The smallest absolute Gasteiger partial charge is 0.261 e. The van der Waals surface area contributed by atoms with Gasteiger partial charge in [-0.2, -0.15) is 0 Å². The van der Waals surface area contributed by atoms with Gasteiger partial charge in [0.25, 0.3) is 5.91 Å². The molecule has 0 unspecified atom stereocenters. The van der Waals surface area contributed by atoms with Gasteiger partial charge in [0.2, 0.25) is 0 Å². The Bertz CT molecular complexity index is 687. The fraction of sp³-hybridized carbons (Fsp3) is 0.250. The predicted octanol–water partition coefficient (Wildman–Crippen LogP) is 3.06. The third-order valence-electron chi connectivity index (χ3n) is 3.13. The van der Waals surface area contributed by atoms with E-state index in [4.69, 9.17) is 0 Å². The number of H-pyrrole nitrogens is 1. The topological polar surface area (TPSA) is 62.0 Å². The SMILES string of the molecule is Cc1cc(=O)c(C(=O)Nc2ccccc2C(C)C)c[nH]1. The molecule has 0 aliphatic rings. The predicted molar refractivity (Wildman–Crippen MR) is 80.3 cm³/mol. The Kier molecular flexibility index (Phi) is 4.03. The number of benzene rings is 1. The van der Waals surface area contributed by atoms with E-state index in [9.17, 15) is 9.59 Å². The van der Waals surface area contributed by atoms with Crippen molar-refractivity contribution in [1.29, 1.82) is 0 Å². The summed E-state index contributed by atoms with van der Waals surface area (Å²) in [6.07, 6.45) is 1.45. The van der Waals surface area contributed by atoms with Crippen LogP contribution in [0.15, 0.2) is 41.3 Å². The zero-order valence-corrected chi connectivity index (χ0v) is 11.9. The molecule has 1 heterocycles. The quantitative estimate of drug-likeness (QED) is 0.900. The van der Waals surface area contributed by atoms with Crippen LogP contribution in [0.2, 0.25) is 0 Å². The summed E-state index contributed by atoms with van der Waals surface area (Å²) in [7, 11) is 0. The molecular weight excluding hydrogens is 252 g/mol. The van der Waals surface area contributed by atoms with Gasteiger partial charge < -0.3 is 10.3 Å². The summed E-state index contributed by atoms with van der Waals surface area (Å²) >= 11 is 0. The molecule has 0 atom stereocenters. The molecule has 0 aliphatic heterocycles. The Morgan fingerprint density at radius 3 is 2.60 bits per heavy atom. The molecular formula is C16H18N2O2. The van der Waals surface area contributed by atoms with Gasteiger partial charge in [-0.15, -0.1) is 0 Å². The van der Waals surface area contributed by atoms with Gasteiger partial charge in [0.1, 0.15) is 5.56 Å². The van der Waals surface area contributed by atoms with Crippen molar-refractivity contribution in [3.8, 4) is 0 Å². The van der Waals surface area contributed by atoms with Crippen LogP contribution in [-0.4, -0.2) is 10.9 Å². The van der Waals surface area contributed by atoms with Crippen LogP contribution in [0.25, 0.3) is 0 Å². The minimum absolute atomic E-state index is 0.120. The summed E-state index contributed by atoms with van der Waals surface area (Å²) < 4.78 is 0. The number of aryl methyl sites for hydroxylation is 1. The summed E-state index contributed by atoms with van der Waals surface area (Å²) in [4.78, 5) is 26.9. The number of carbonyl (C=O) groups is 1. The van der Waals surface area contributed by atoms with Gasteiger partial charge in [0.05, 0.1) is 0 Å². The largest absolute Gasteiger partial charge is 0.364 e. The first kappa shape index (κ1) is 14.1. The van der Waals surface area contributed by atoms with Gasteiger partial charge >= 0.3 is 0 Å². The van der Waals surface area contributed by atoms with Crippen molar-refractivity contribution in [2.45, 2.75) is 26.7 Å². The van der Waals surface area contributed by atoms with Crippen LogP contribution < -0.4 is 10.7 Å². The molecule has 1 amide bonds. The third-order valence-corrected chi connectivity index (χ3v) is 3.13. The lowest BCUT2D eigenvalue weighted by atomic mass is 10.0. The van der Waals surface area contributed by atoms with Crippen molar-refractivity contribution in [3.63, 3.8) is 0 Å². The van der Waals surface area contributed by atoms with Crippen LogP contribution in [0.3, 0.4) is 0 Å². The lowest BCUT2D eigenvalue weighted by Crippen LogP contribution is -2.22. The van der Waals surface area contributed by atoms with Gasteiger partial charge in [0.15, 0.2) is 5.43 Å². The van der Waals surface area contributed by atoms with E-state index in [1.165, 1.54) is 12.3 Å². The number of hydrogen-bond acceptors (Lipinski definition) is 2. The van der Waals surface area contributed by atoms with Crippen LogP contribution in [0.4, 0.5) is 5.69 Å². The molecule has 0 bridgehead atoms. The highest BCUT2D eigenvalue weighted by molar-refractivity contribution is 6.04. The zero-order chi connectivity index (χ0) is 14.7. The van der Waals surface area contributed by atoms with Crippen molar-refractivity contribution < 1.29 is 4.79 Å². The standard InChI is InChI=1S/C16H18N2O2/c1-10(2)12-6-4-5-7-14(12)18-16(20)13-9-17-11(3)8-15(13)19/h4-10H,1-3H3,(H,17,19)(H,18,20). The van der Waals surface area contributed by atoms with Crippen molar-refractivity contribution in [2.75, 3.05) is 5.32 Å². The van der Waals surface area contributed by atoms with Crippen LogP contribution >= 0.6 is 0 Å². The number of pyridine rings is 1. The van der Waals surface area contributed by atoms with Crippen molar-refractivity contribution in [3.05, 3.63) is 63.6 Å². The number of aromatic amines is 1. The molecule has 0 spiro atoms.